The summed E-state index contributed by atoms with van der Waals surface area (Å²) in [6.07, 6.45) is 1.73. The van der Waals surface area contributed by atoms with E-state index >= 15 is 0 Å². The molecule has 0 unspecified atom stereocenters. The van der Waals surface area contributed by atoms with E-state index in [1.54, 1.807) is 12.3 Å². The maximum atomic E-state index is 8.46. The Morgan fingerprint density at radius 2 is 1.72 bits per heavy atom. The van der Waals surface area contributed by atoms with E-state index in [0.29, 0.717) is 12.2 Å². The normalized spacial score (nSPS) is 10.2. The zero-order valence-corrected chi connectivity index (χ0v) is 9.77. The predicted octanol–water partition coefficient (Wildman–Crippen LogP) is 4.25. The van der Waals surface area contributed by atoms with Gasteiger partial charge in [-0.05, 0) is 11.1 Å². The van der Waals surface area contributed by atoms with Gasteiger partial charge in [0.15, 0.2) is 0 Å². The Hall–Kier alpha value is -2.58. The van der Waals surface area contributed by atoms with Gasteiger partial charge in [0, 0.05) is 22.4 Å². The van der Waals surface area contributed by atoms with Gasteiger partial charge in [0.1, 0.15) is 0 Å². The number of hydrogen-bond donors (Lipinski definition) is 0. The van der Waals surface area contributed by atoms with Gasteiger partial charge in [-0.25, -0.2) is 0 Å². The molecule has 88 valence electrons. The minimum absolute atomic E-state index is 0.594. The fraction of sp³-hybridized carbons (Fsp3) is 0.0714. The molecule has 0 atom stereocenters. The molecular formula is C14H12N4. The second kappa shape index (κ2) is 6.23. The largest absolute Gasteiger partial charge is 0.288 e. The molecule has 2 aromatic rings. The molecule has 0 aromatic heterocycles. The third-order valence-electron chi connectivity index (χ3n) is 2.44. The van der Waals surface area contributed by atoms with Crippen LogP contribution in [0.5, 0.6) is 0 Å². The SMILES string of the molecule is [N-]=[N+]=Nc1ccccc1C=NCc1ccccc1. The molecule has 4 heteroatoms. The van der Waals surface area contributed by atoms with Crippen molar-refractivity contribution in [2.45, 2.75) is 6.54 Å². The van der Waals surface area contributed by atoms with Crippen LogP contribution in [0.2, 0.25) is 0 Å². The van der Waals surface area contributed by atoms with E-state index in [2.05, 4.69) is 15.0 Å². The molecule has 0 aliphatic rings. The lowest BCUT2D eigenvalue weighted by atomic mass is 10.2. The Morgan fingerprint density at radius 3 is 2.50 bits per heavy atom. The molecule has 2 rings (SSSR count). The molecule has 0 bridgehead atoms. The summed E-state index contributed by atoms with van der Waals surface area (Å²) in [6.45, 7) is 0.617. The summed E-state index contributed by atoms with van der Waals surface area (Å²) < 4.78 is 0. The van der Waals surface area contributed by atoms with Crippen molar-refractivity contribution in [3.63, 3.8) is 0 Å². The van der Waals surface area contributed by atoms with Crippen molar-refractivity contribution in [3.8, 4) is 0 Å². The van der Waals surface area contributed by atoms with E-state index in [9.17, 15) is 0 Å². The summed E-state index contributed by atoms with van der Waals surface area (Å²) in [5, 5.41) is 3.62. The van der Waals surface area contributed by atoms with Crippen LogP contribution in [-0.4, -0.2) is 6.21 Å². The molecule has 2 aromatic carbocycles. The number of nitrogens with zero attached hydrogens (tertiary/aromatic N) is 4. The highest BCUT2D eigenvalue weighted by molar-refractivity contribution is 5.86. The van der Waals surface area contributed by atoms with Crippen molar-refractivity contribution in [2.75, 3.05) is 0 Å². The van der Waals surface area contributed by atoms with E-state index in [0.717, 1.165) is 11.1 Å². The fourth-order valence-electron chi connectivity index (χ4n) is 1.57. The summed E-state index contributed by atoms with van der Waals surface area (Å²) in [6, 6.07) is 17.4. The molecule has 0 heterocycles. The highest BCUT2D eigenvalue weighted by Crippen LogP contribution is 2.16. The second-order valence-corrected chi connectivity index (χ2v) is 3.70. The van der Waals surface area contributed by atoms with Crippen molar-refractivity contribution in [2.24, 2.45) is 10.1 Å². The molecule has 0 saturated heterocycles. The van der Waals surface area contributed by atoms with Gasteiger partial charge >= 0.3 is 0 Å². The smallest absolute Gasteiger partial charge is 0.0639 e. The van der Waals surface area contributed by atoms with Gasteiger partial charge in [-0.3, -0.25) is 4.99 Å². The number of benzene rings is 2. The third-order valence-corrected chi connectivity index (χ3v) is 2.44. The van der Waals surface area contributed by atoms with Gasteiger partial charge < -0.3 is 0 Å². The number of aliphatic imine (C=N–C) groups is 1. The van der Waals surface area contributed by atoms with Crippen LogP contribution >= 0.6 is 0 Å². The summed E-state index contributed by atoms with van der Waals surface area (Å²) >= 11 is 0. The van der Waals surface area contributed by atoms with Gasteiger partial charge in [-0.2, -0.15) is 0 Å². The van der Waals surface area contributed by atoms with E-state index in [-0.39, 0.29) is 0 Å². The highest BCUT2D eigenvalue weighted by atomic mass is 15.1. The summed E-state index contributed by atoms with van der Waals surface area (Å²) in [5.74, 6) is 0. The first-order valence-electron chi connectivity index (χ1n) is 5.58. The number of azide groups is 1. The zero-order chi connectivity index (χ0) is 12.6. The van der Waals surface area contributed by atoms with Gasteiger partial charge in [-0.1, -0.05) is 59.7 Å². The van der Waals surface area contributed by atoms with Crippen LogP contribution in [0.4, 0.5) is 5.69 Å². The third kappa shape index (κ3) is 3.20. The van der Waals surface area contributed by atoms with Gasteiger partial charge in [-0.15, -0.1) is 0 Å². The van der Waals surface area contributed by atoms with Gasteiger partial charge in [0.25, 0.3) is 0 Å². The standard InChI is InChI=1S/C14H12N4/c15-18-17-14-9-5-4-8-13(14)11-16-10-12-6-2-1-3-7-12/h1-9,11H,10H2. The van der Waals surface area contributed by atoms with Crippen LogP contribution in [0.1, 0.15) is 11.1 Å². The van der Waals surface area contributed by atoms with Crippen molar-refractivity contribution in [1.82, 2.24) is 0 Å². The molecular weight excluding hydrogens is 224 g/mol. The van der Waals surface area contributed by atoms with Gasteiger partial charge in [0.05, 0.1) is 6.54 Å². The van der Waals surface area contributed by atoms with Crippen molar-refractivity contribution in [1.29, 1.82) is 0 Å². The molecule has 0 N–H and O–H groups in total. The van der Waals surface area contributed by atoms with Gasteiger partial charge in [0.2, 0.25) is 0 Å². The van der Waals surface area contributed by atoms with Crippen LogP contribution in [0, 0.1) is 0 Å². The van der Waals surface area contributed by atoms with Crippen LogP contribution in [0.3, 0.4) is 0 Å². The minimum atomic E-state index is 0.594. The maximum absolute atomic E-state index is 8.46. The topological polar surface area (TPSA) is 61.1 Å². The average molecular weight is 236 g/mol. The van der Waals surface area contributed by atoms with Crippen LogP contribution in [0.15, 0.2) is 64.7 Å². The molecule has 0 amide bonds. The first-order chi connectivity index (χ1) is 8.90. The Bertz CT molecular complexity index is 584. The predicted molar refractivity (Wildman–Crippen MR) is 73.0 cm³/mol. The molecule has 0 saturated carbocycles. The molecule has 0 aliphatic carbocycles. The quantitative estimate of drug-likeness (QED) is 0.330. The zero-order valence-electron chi connectivity index (χ0n) is 9.77. The molecule has 0 spiro atoms. The van der Waals surface area contributed by atoms with Crippen molar-refractivity contribution in [3.05, 3.63) is 76.2 Å². The lowest BCUT2D eigenvalue weighted by molar-refractivity contribution is 1.08. The van der Waals surface area contributed by atoms with E-state index in [1.807, 2.05) is 48.5 Å². The summed E-state index contributed by atoms with van der Waals surface area (Å²) in [4.78, 5) is 7.14. The molecule has 0 aliphatic heterocycles. The summed E-state index contributed by atoms with van der Waals surface area (Å²) in [5.41, 5.74) is 11.0. The Morgan fingerprint density at radius 1 is 1.00 bits per heavy atom. The summed E-state index contributed by atoms with van der Waals surface area (Å²) in [7, 11) is 0. The Balaban J connectivity index is 2.12. The Labute approximate surface area is 105 Å². The highest BCUT2D eigenvalue weighted by Gasteiger charge is 1.95. The van der Waals surface area contributed by atoms with E-state index < -0.39 is 0 Å². The molecule has 0 radical (unpaired) electrons. The molecule has 4 nitrogen and oxygen atoms in total. The lowest BCUT2D eigenvalue weighted by Gasteiger charge is -1.98. The first-order valence-corrected chi connectivity index (χ1v) is 5.58. The Kier molecular flexibility index (Phi) is 4.11. The second-order valence-electron chi connectivity index (χ2n) is 3.70. The van der Waals surface area contributed by atoms with Crippen molar-refractivity contribution >= 4 is 11.9 Å². The molecule has 0 fully saturated rings. The lowest BCUT2D eigenvalue weighted by Crippen LogP contribution is -1.84. The van der Waals surface area contributed by atoms with Crippen LogP contribution in [0.25, 0.3) is 10.4 Å². The van der Waals surface area contributed by atoms with Crippen molar-refractivity contribution < 1.29 is 0 Å². The number of rotatable bonds is 4. The number of hydrogen-bond acceptors (Lipinski definition) is 2. The minimum Gasteiger partial charge on any atom is -0.288 e. The molecule has 18 heavy (non-hydrogen) atoms. The van der Waals surface area contributed by atoms with Crippen LogP contribution in [-0.2, 0) is 6.54 Å². The average Bonchev–Trinajstić information content (AvgIpc) is 2.42. The maximum Gasteiger partial charge on any atom is 0.0639 e. The van der Waals surface area contributed by atoms with E-state index in [1.165, 1.54) is 0 Å². The van der Waals surface area contributed by atoms with Crippen LogP contribution < -0.4 is 0 Å². The fourth-order valence-corrected chi connectivity index (χ4v) is 1.57. The van der Waals surface area contributed by atoms with E-state index in [4.69, 9.17) is 5.53 Å². The first kappa shape index (κ1) is 11.9. The monoisotopic (exact) mass is 236 g/mol.